The van der Waals surface area contributed by atoms with Crippen LogP contribution in [-0.2, 0) is 6.18 Å². The maximum absolute atomic E-state index is 12.8. The highest BCUT2D eigenvalue weighted by Gasteiger charge is 2.33. The Morgan fingerprint density at radius 3 is 2.55 bits per heavy atom. The number of aromatic carboxylic acids is 1. The van der Waals surface area contributed by atoms with Crippen molar-refractivity contribution in [3.63, 3.8) is 0 Å². The zero-order valence-electron chi connectivity index (χ0n) is 10.2. The molecule has 0 aromatic heterocycles. The second-order valence-corrected chi connectivity index (χ2v) is 4.31. The predicted octanol–water partition coefficient (Wildman–Crippen LogP) is 2.32. The maximum atomic E-state index is 12.8. The van der Waals surface area contributed by atoms with Crippen LogP contribution in [0.25, 0.3) is 0 Å². The Bertz CT molecular complexity index is 557. The number of hydrogen-bond donors (Lipinski definition) is 2. The first-order valence-corrected chi connectivity index (χ1v) is 5.80. The number of nitrogens with zero attached hydrogens (tertiary/aromatic N) is 1. The molecule has 1 saturated heterocycles. The first-order valence-electron chi connectivity index (χ1n) is 5.80. The number of carbonyl (C=O) groups is 2. The zero-order chi connectivity index (χ0) is 14.9. The van der Waals surface area contributed by atoms with Crippen LogP contribution >= 0.6 is 0 Å². The van der Waals surface area contributed by atoms with Crippen LogP contribution in [0.5, 0.6) is 0 Å². The number of alkyl halides is 3. The summed E-state index contributed by atoms with van der Waals surface area (Å²) < 4.78 is 38.3. The van der Waals surface area contributed by atoms with Crippen molar-refractivity contribution in [1.29, 1.82) is 0 Å². The average molecular weight is 288 g/mol. The molecule has 108 valence electrons. The lowest BCUT2D eigenvalue weighted by Gasteiger charge is -2.28. The molecule has 8 heteroatoms. The summed E-state index contributed by atoms with van der Waals surface area (Å²) in [6.45, 7) is 0.687. The summed E-state index contributed by atoms with van der Waals surface area (Å²) in [5.41, 5.74) is -1.67. The number of rotatable bonds is 2. The van der Waals surface area contributed by atoms with Crippen molar-refractivity contribution in [1.82, 2.24) is 5.32 Å². The molecule has 0 unspecified atom stereocenters. The molecule has 1 aromatic carbocycles. The molecule has 2 amide bonds. The van der Waals surface area contributed by atoms with Crippen molar-refractivity contribution in [3.05, 3.63) is 29.3 Å². The minimum absolute atomic E-state index is 0.0746. The van der Waals surface area contributed by atoms with Gasteiger partial charge in [0.25, 0.3) is 0 Å². The van der Waals surface area contributed by atoms with Gasteiger partial charge in [-0.1, -0.05) is 0 Å². The minimum atomic E-state index is -4.67. The molecule has 0 atom stereocenters. The largest absolute Gasteiger partial charge is 0.478 e. The first kappa shape index (κ1) is 14.2. The van der Waals surface area contributed by atoms with Gasteiger partial charge in [-0.25, -0.2) is 9.59 Å². The number of nitrogens with one attached hydrogen (secondary N) is 1. The fourth-order valence-electron chi connectivity index (χ4n) is 1.93. The van der Waals surface area contributed by atoms with Crippen molar-refractivity contribution in [2.75, 3.05) is 18.0 Å². The van der Waals surface area contributed by atoms with Gasteiger partial charge in [0, 0.05) is 18.8 Å². The van der Waals surface area contributed by atoms with Crippen molar-refractivity contribution in [3.8, 4) is 0 Å². The highest BCUT2D eigenvalue weighted by Crippen LogP contribution is 2.33. The third kappa shape index (κ3) is 2.84. The highest BCUT2D eigenvalue weighted by atomic mass is 19.4. The van der Waals surface area contributed by atoms with E-state index in [0.29, 0.717) is 19.0 Å². The molecule has 0 bridgehead atoms. The molecular formula is C12H11F3N2O3. The molecule has 0 saturated carbocycles. The van der Waals surface area contributed by atoms with Gasteiger partial charge < -0.3 is 10.4 Å². The van der Waals surface area contributed by atoms with Gasteiger partial charge in [-0.05, 0) is 24.6 Å². The lowest BCUT2D eigenvalue weighted by molar-refractivity contribution is -0.137. The Morgan fingerprint density at radius 2 is 2.00 bits per heavy atom. The molecule has 1 aliphatic rings. The fourth-order valence-corrected chi connectivity index (χ4v) is 1.93. The molecule has 1 fully saturated rings. The number of amides is 2. The SMILES string of the molecule is O=C(O)c1cc(N2CCCNC2=O)cc(C(F)(F)F)c1. The molecule has 1 heterocycles. The summed E-state index contributed by atoms with van der Waals surface area (Å²) in [6, 6.07) is 1.85. The lowest BCUT2D eigenvalue weighted by Crippen LogP contribution is -2.46. The summed E-state index contributed by atoms with van der Waals surface area (Å²) in [7, 11) is 0. The molecule has 20 heavy (non-hydrogen) atoms. The summed E-state index contributed by atoms with van der Waals surface area (Å²) in [5.74, 6) is -1.48. The lowest BCUT2D eigenvalue weighted by atomic mass is 10.1. The first-order chi connectivity index (χ1) is 9.29. The Morgan fingerprint density at radius 1 is 1.30 bits per heavy atom. The van der Waals surface area contributed by atoms with E-state index >= 15 is 0 Å². The van der Waals surface area contributed by atoms with Crippen LogP contribution in [-0.4, -0.2) is 30.2 Å². The molecule has 0 aliphatic carbocycles. The second-order valence-electron chi connectivity index (χ2n) is 4.31. The maximum Gasteiger partial charge on any atom is 0.416 e. The number of carboxylic acid groups (broad SMARTS) is 1. The van der Waals surface area contributed by atoms with Gasteiger partial charge in [0.15, 0.2) is 0 Å². The summed E-state index contributed by atoms with van der Waals surface area (Å²) >= 11 is 0. The molecule has 2 rings (SSSR count). The topological polar surface area (TPSA) is 69.6 Å². The van der Waals surface area contributed by atoms with Gasteiger partial charge in [-0.3, -0.25) is 4.90 Å². The van der Waals surface area contributed by atoms with Crippen LogP contribution in [0.3, 0.4) is 0 Å². The molecule has 2 N–H and O–H groups in total. The van der Waals surface area contributed by atoms with Crippen molar-refractivity contribution in [2.24, 2.45) is 0 Å². The van der Waals surface area contributed by atoms with Gasteiger partial charge in [-0.2, -0.15) is 13.2 Å². The van der Waals surface area contributed by atoms with E-state index in [2.05, 4.69) is 5.32 Å². The number of carboxylic acids is 1. The van der Waals surface area contributed by atoms with E-state index in [4.69, 9.17) is 5.11 Å². The van der Waals surface area contributed by atoms with E-state index in [-0.39, 0.29) is 12.2 Å². The van der Waals surface area contributed by atoms with Crippen LogP contribution < -0.4 is 10.2 Å². The molecule has 1 aromatic rings. The van der Waals surface area contributed by atoms with Crippen LogP contribution in [0, 0.1) is 0 Å². The van der Waals surface area contributed by atoms with E-state index in [9.17, 15) is 22.8 Å². The number of hydrogen-bond acceptors (Lipinski definition) is 2. The zero-order valence-corrected chi connectivity index (χ0v) is 10.2. The van der Waals surface area contributed by atoms with Gasteiger partial charge in [-0.15, -0.1) is 0 Å². The number of urea groups is 1. The van der Waals surface area contributed by atoms with E-state index < -0.39 is 29.3 Å². The Kier molecular flexibility index (Phi) is 3.56. The van der Waals surface area contributed by atoms with E-state index in [0.717, 1.165) is 17.0 Å². The molecule has 0 radical (unpaired) electrons. The molecule has 5 nitrogen and oxygen atoms in total. The monoisotopic (exact) mass is 288 g/mol. The van der Waals surface area contributed by atoms with Crippen LogP contribution in [0.4, 0.5) is 23.7 Å². The van der Waals surface area contributed by atoms with Gasteiger partial charge in [0.2, 0.25) is 0 Å². The summed E-state index contributed by atoms with van der Waals surface area (Å²) in [4.78, 5) is 23.6. The standard InChI is InChI=1S/C12H11F3N2O3/c13-12(14,15)8-4-7(10(18)19)5-9(6-8)17-3-1-2-16-11(17)20/h4-6H,1-3H2,(H,16,20)(H,18,19). The Labute approximate surface area is 112 Å². The second kappa shape index (κ2) is 5.03. The average Bonchev–Trinajstić information content (AvgIpc) is 2.37. The number of benzene rings is 1. The Balaban J connectivity index is 2.49. The van der Waals surface area contributed by atoms with Crippen molar-refractivity contribution in [2.45, 2.75) is 12.6 Å². The third-order valence-electron chi connectivity index (χ3n) is 2.88. The highest BCUT2D eigenvalue weighted by molar-refractivity contribution is 5.95. The van der Waals surface area contributed by atoms with Crippen molar-refractivity contribution < 1.29 is 27.9 Å². The predicted molar refractivity (Wildman–Crippen MR) is 63.8 cm³/mol. The van der Waals surface area contributed by atoms with Gasteiger partial charge >= 0.3 is 18.2 Å². The van der Waals surface area contributed by atoms with Crippen LogP contribution in [0.1, 0.15) is 22.3 Å². The minimum Gasteiger partial charge on any atom is -0.478 e. The normalized spacial score (nSPS) is 15.9. The van der Waals surface area contributed by atoms with Crippen LogP contribution in [0.15, 0.2) is 18.2 Å². The smallest absolute Gasteiger partial charge is 0.416 e. The van der Waals surface area contributed by atoms with E-state index in [1.165, 1.54) is 0 Å². The molecule has 0 spiro atoms. The summed E-state index contributed by atoms with van der Waals surface area (Å²) in [6.07, 6.45) is -4.10. The molecular weight excluding hydrogens is 277 g/mol. The van der Waals surface area contributed by atoms with E-state index in [1.807, 2.05) is 0 Å². The van der Waals surface area contributed by atoms with E-state index in [1.54, 1.807) is 0 Å². The van der Waals surface area contributed by atoms with Gasteiger partial charge in [0.1, 0.15) is 0 Å². The van der Waals surface area contributed by atoms with Crippen LogP contribution in [0.2, 0.25) is 0 Å². The number of halogens is 3. The number of anilines is 1. The quantitative estimate of drug-likeness (QED) is 0.877. The fraction of sp³-hybridized carbons (Fsp3) is 0.333. The Hall–Kier alpha value is -2.25. The number of carbonyl (C=O) groups excluding carboxylic acids is 1. The third-order valence-corrected chi connectivity index (χ3v) is 2.88. The molecule has 1 aliphatic heterocycles. The van der Waals surface area contributed by atoms with Gasteiger partial charge in [0.05, 0.1) is 11.1 Å². The van der Waals surface area contributed by atoms with Crippen molar-refractivity contribution >= 4 is 17.7 Å². The summed E-state index contributed by atoms with van der Waals surface area (Å²) in [5, 5.41) is 11.4.